The van der Waals surface area contributed by atoms with Gasteiger partial charge in [0.2, 0.25) is 0 Å². The van der Waals surface area contributed by atoms with Gasteiger partial charge in [0.05, 0.1) is 23.7 Å². The number of halogens is 1. The van der Waals surface area contributed by atoms with E-state index in [0.717, 1.165) is 5.69 Å². The van der Waals surface area contributed by atoms with Gasteiger partial charge in [-0.1, -0.05) is 0 Å². The third-order valence-electron chi connectivity index (χ3n) is 5.60. The Morgan fingerprint density at radius 2 is 1.84 bits per heavy atom. The molecule has 0 bridgehead atoms. The molecule has 0 saturated carbocycles. The van der Waals surface area contributed by atoms with Crippen molar-refractivity contribution in [2.75, 3.05) is 31.1 Å². The Hall–Kier alpha value is -4.01. The van der Waals surface area contributed by atoms with Gasteiger partial charge in [0.25, 0.3) is 11.9 Å². The zero-order valence-corrected chi connectivity index (χ0v) is 17.5. The van der Waals surface area contributed by atoms with Gasteiger partial charge in [-0.05, 0) is 49.4 Å². The van der Waals surface area contributed by atoms with Gasteiger partial charge in [-0.3, -0.25) is 4.79 Å². The first-order chi connectivity index (χ1) is 15.6. The Kier molecular flexibility index (Phi) is 5.14. The van der Waals surface area contributed by atoms with E-state index in [1.54, 1.807) is 47.6 Å². The molecule has 4 aromatic rings. The Labute approximate surface area is 183 Å². The van der Waals surface area contributed by atoms with Crippen molar-refractivity contribution in [3.05, 3.63) is 78.2 Å². The van der Waals surface area contributed by atoms with Crippen LogP contribution in [-0.4, -0.2) is 56.7 Å². The molecule has 0 radical (unpaired) electrons. The molecule has 1 amide bonds. The van der Waals surface area contributed by atoms with Crippen LogP contribution in [-0.2, 0) is 0 Å². The molecule has 9 heteroatoms. The quantitative estimate of drug-likeness (QED) is 0.492. The summed E-state index contributed by atoms with van der Waals surface area (Å²) in [6.45, 7) is 4.34. The summed E-state index contributed by atoms with van der Waals surface area (Å²) in [6.07, 6.45) is 4.79. The highest BCUT2D eigenvalue weighted by Crippen LogP contribution is 2.21. The number of benzene rings is 1. The van der Waals surface area contributed by atoms with Crippen molar-refractivity contribution in [2.45, 2.75) is 6.92 Å². The summed E-state index contributed by atoms with van der Waals surface area (Å²) in [6, 6.07) is 11.8. The summed E-state index contributed by atoms with van der Waals surface area (Å²) in [4.78, 5) is 25.9. The summed E-state index contributed by atoms with van der Waals surface area (Å²) in [5.74, 6) is 0.675. The molecule has 32 heavy (non-hydrogen) atoms. The molecule has 4 heterocycles. The standard InChI is InChI=1S/C23H21FN6O2/c1-16-19(15-26-30(16)23-25-9-8-20(27-23)21-3-2-14-32-21)22(31)29-12-10-28(11-13-29)18-6-4-17(24)5-7-18/h2-9,14-15H,10-13H2,1H3. The monoisotopic (exact) mass is 432 g/mol. The molecule has 1 saturated heterocycles. The molecule has 0 N–H and O–H groups in total. The fraction of sp³-hybridized carbons (Fsp3) is 0.217. The number of piperazine rings is 1. The van der Waals surface area contributed by atoms with E-state index < -0.39 is 0 Å². The van der Waals surface area contributed by atoms with E-state index in [-0.39, 0.29) is 11.7 Å². The van der Waals surface area contributed by atoms with E-state index >= 15 is 0 Å². The normalized spacial score (nSPS) is 14.1. The molecule has 0 unspecified atom stereocenters. The molecule has 5 rings (SSSR count). The first-order valence-corrected chi connectivity index (χ1v) is 10.3. The summed E-state index contributed by atoms with van der Waals surface area (Å²) in [5, 5.41) is 4.36. The summed E-state index contributed by atoms with van der Waals surface area (Å²) < 4.78 is 20.1. The molecule has 0 spiro atoms. The lowest BCUT2D eigenvalue weighted by molar-refractivity contribution is 0.0746. The van der Waals surface area contributed by atoms with Crippen LogP contribution in [0.1, 0.15) is 16.1 Å². The molecule has 162 valence electrons. The highest BCUT2D eigenvalue weighted by Gasteiger charge is 2.26. The van der Waals surface area contributed by atoms with Crippen molar-refractivity contribution >= 4 is 11.6 Å². The van der Waals surface area contributed by atoms with E-state index in [9.17, 15) is 9.18 Å². The smallest absolute Gasteiger partial charge is 0.257 e. The Morgan fingerprint density at radius 1 is 1.06 bits per heavy atom. The van der Waals surface area contributed by atoms with Crippen molar-refractivity contribution in [3.63, 3.8) is 0 Å². The SMILES string of the molecule is Cc1c(C(=O)N2CCN(c3ccc(F)cc3)CC2)cnn1-c1nccc(-c2ccco2)n1. The number of nitrogens with zero attached hydrogens (tertiary/aromatic N) is 6. The zero-order valence-electron chi connectivity index (χ0n) is 17.5. The van der Waals surface area contributed by atoms with Gasteiger partial charge in [-0.25, -0.2) is 19.0 Å². The third-order valence-corrected chi connectivity index (χ3v) is 5.60. The van der Waals surface area contributed by atoms with Gasteiger partial charge in [-0.15, -0.1) is 0 Å². The van der Waals surface area contributed by atoms with E-state index in [2.05, 4.69) is 20.0 Å². The van der Waals surface area contributed by atoms with E-state index in [1.165, 1.54) is 12.1 Å². The van der Waals surface area contributed by atoms with Crippen molar-refractivity contribution < 1.29 is 13.6 Å². The van der Waals surface area contributed by atoms with Crippen molar-refractivity contribution in [3.8, 4) is 17.4 Å². The first kappa shape index (κ1) is 19.9. The minimum Gasteiger partial charge on any atom is -0.463 e. The molecule has 1 aromatic carbocycles. The van der Waals surface area contributed by atoms with E-state index in [0.29, 0.717) is 54.8 Å². The number of hydrogen-bond acceptors (Lipinski definition) is 6. The van der Waals surface area contributed by atoms with Crippen LogP contribution in [0.2, 0.25) is 0 Å². The molecular weight excluding hydrogens is 411 g/mol. The average Bonchev–Trinajstić information content (AvgIpc) is 3.50. The third kappa shape index (κ3) is 3.73. The number of anilines is 1. The molecule has 1 aliphatic rings. The van der Waals surface area contributed by atoms with Crippen LogP contribution >= 0.6 is 0 Å². The molecule has 8 nitrogen and oxygen atoms in total. The summed E-state index contributed by atoms with van der Waals surface area (Å²) >= 11 is 0. The minimum atomic E-state index is -0.256. The second-order valence-corrected chi connectivity index (χ2v) is 7.53. The minimum absolute atomic E-state index is 0.0744. The fourth-order valence-electron chi connectivity index (χ4n) is 3.82. The van der Waals surface area contributed by atoms with Crippen molar-refractivity contribution in [1.82, 2.24) is 24.6 Å². The molecule has 1 fully saturated rings. The Bertz CT molecular complexity index is 1230. The second kappa shape index (κ2) is 8.26. The van der Waals surface area contributed by atoms with Crippen molar-refractivity contribution in [2.24, 2.45) is 0 Å². The van der Waals surface area contributed by atoms with Crippen LogP contribution in [0.15, 0.2) is 65.5 Å². The number of amides is 1. The van der Waals surface area contributed by atoms with Crippen LogP contribution in [0, 0.1) is 12.7 Å². The van der Waals surface area contributed by atoms with Crippen LogP contribution in [0.4, 0.5) is 10.1 Å². The Morgan fingerprint density at radius 3 is 2.56 bits per heavy atom. The second-order valence-electron chi connectivity index (χ2n) is 7.53. The van der Waals surface area contributed by atoms with Gasteiger partial charge in [0, 0.05) is 38.1 Å². The van der Waals surface area contributed by atoms with Gasteiger partial charge in [0.1, 0.15) is 11.5 Å². The first-order valence-electron chi connectivity index (χ1n) is 10.3. The zero-order chi connectivity index (χ0) is 22.1. The van der Waals surface area contributed by atoms with E-state index in [4.69, 9.17) is 4.42 Å². The number of carbonyl (C=O) groups excluding carboxylic acids is 1. The lowest BCUT2D eigenvalue weighted by atomic mass is 10.2. The van der Waals surface area contributed by atoms with Crippen LogP contribution in [0.25, 0.3) is 17.4 Å². The number of hydrogen-bond donors (Lipinski definition) is 0. The summed E-state index contributed by atoms with van der Waals surface area (Å²) in [7, 11) is 0. The average molecular weight is 432 g/mol. The number of carbonyl (C=O) groups is 1. The van der Waals surface area contributed by atoms with Crippen LogP contribution < -0.4 is 4.90 Å². The number of rotatable bonds is 4. The van der Waals surface area contributed by atoms with E-state index in [1.807, 2.05) is 17.9 Å². The van der Waals surface area contributed by atoms with Gasteiger partial charge in [-0.2, -0.15) is 5.10 Å². The Balaban J connectivity index is 1.31. The maximum atomic E-state index is 13.2. The predicted molar refractivity (Wildman–Crippen MR) is 116 cm³/mol. The molecular formula is C23H21FN6O2. The van der Waals surface area contributed by atoms with Crippen LogP contribution in [0.3, 0.4) is 0 Å². The van der Waals surface area contributed by atoms with Gasteiger partial charge >= 0.3 is 0 Å². The fourth-order valence-corrected chi connectivity index (χ4v) is 3.82. The lowest BCUT2D eigenvalue weighted by Crippen LogP contribution is -2.48. The summed E-state index contributed by atoms with van der Waals surface area (Å²) in [5.41, 5.74) is 2.79. The number of furan rings is 1. The molecule has 0 atom stereocenters. The maximum absolute atomic E-state index is 13.2. The molecule has 3 aromatic heterocycles. The molecule has 1 aliphatic heterocycles. The van der Waals surface area contributed by atoms with Crippen molar-refractivity contribution in [1.29, 1.82) is 0 Å². The van der Waals surface area contributed by atoms with Gasteiger partial charge < -0.3 is 14.2 Å². The van der Waals surface area contributed by atoms with Crippen LogP contribution in [0.5, 0.6) is 0 Å². The van der Waals surface area contributed by atoms with Gasteiger partial charge in [0.15, 0.2) is 5.76 Å². The topological polar surface area (TPSA) is 80.3 Å². The highest BCUT2D eigenvalue weighted by atomic mass is 19.1. The number of aromatic nitrogens is 4. The maximum Gasteiger partial charge on any atom is 0.257 e. The highest BCUT2D eigenvalue weighted by molar-refractivity contribution is 5.95. The lowest BCUT2D eigenvalue weighted by Gasteiger charge is -2.36. The largest absolute Gasteiger partial charge is 0.463 e. The molecule has 0 aliphatic carbocycles. The predicted octanol–water partition coefficient (Wildman–Crippen LogP) is 3.33.